The van der Waals surface area contributed by atoms with Crippen molar-refractivity contribution in [3.05, 3.63) is 45.6 Å². The summed E-state index contributed by atoms with van der Waals surface area (Å²) in [6.45, 7) is 2.81. The third-order valence-corrected chi connectivity index (χ3v) is 3.67. The third kappa shape index (κ3) is 2.43. The molecule has 1 aromatic heterocycles. The molecule has 2 heterocycles. The Morgan fingerprint density at radius 3 is 3.10 bits per heavy atom. The number of benzene rings is 1. The molecule has 1 amide bonds. The van der Waals surface area contributed by atoms with Crippen molar-refractivity contribution in [1.29, 1.82) is 0 Å². The number of aryl methyl sites for hydroxylation is 1. The van der Waals surface area contributed by atoms with Gasteiger partial charge >= 0.3 is 0 Å². The van der Waals surface area contributed by atoms with Gasteiger partial charge in [0.05, 0.1) is 12.3 Å². The second-order valence-corrected chi connectivity index (χ2v) is 5.52. The highest BCUT2D eigenvalue weighted by atomic mass is 79.9. The number of amides is 1. The Morgan fingerprint density at radius 1 is 1.50 bits per heavy atom. The van der Waals surface area contributed by atoms with Gasteiger partial charge in [0.15, 0.2) is 6.39 Å². The molecule has 0 spiro atoms. The summed E-state index contributed by atoms with van der Waals surface area (Å²) in [7, 11) is 0. The van der Waals surface area contributed by atoms with Crippen molar-refractivity contribution in [3.8, 4) is 5.75 Å². The number of hydrogen-bond acceptors (Lipinski definition) is 4. The fraction of sp³-hybridized carbons (Fsp3) is 0.286. The predicted octanol–water partition coefficient (Wildman–Crippen LogP) is 2.61. The number of nitrogens with one attached hydrogen (secondary N) is 1. The summed E-state index contributed by atoms with van der Waals surface area (Å²) in [6.07, 6.45) is 2.17. The molecule has 20 heavy (non-hydrogen) atoms. The molecule has 0 atom stereocenters. The Balaban J connectivity index is 1.76. The maximum atomic E-state index is 12.0. The fourth-order valence-corrected chi connectivity index (χ4v) is 2.81. The van der Waals surface area contributed by atoms with Crippen LogP contribution in [0.4, 0.5) is 0 Å². The molecule has 0 bridgehead atoms. The lowest BCUT2D eigenvalue weighted by molar-refractivity contribution is 0.0922. The summed E-state index contributed by atoms with van der Waals surface area (Å²) in [5.41, 5.74) is 2.70. The Kier molecular flexibility index (Phi) is 3.48. The van der Waals surface area contributed by atoms with Crippen LogP contribution in [0.2, 0.25) is 0 Å². The van der Waals surface area contributed by atoms with Crippen molar-refractivity contribution in [2.24, 2.45) is 0 Å². The van der Waals surface area contributed by atoms with Gasteiger partial charge in [-0.2, -0.15) is 0 Å². The molecule has 1 aromatic carbocycles. The molecular weight excluding hydrogens is 324 g/mol. The van der Waals surface area contributed by atoms with E-state index in [1.165, 1.54) is 12.0 Å². The van der Waals surface area contributed by atoms with E-state index in [0.29, 0.717) is 18.8 Å². The van der Waals surface area contributed by atoms with E-state index >= 15 is 0 Å². The Morgan fingerprint density at radius 2 is 2.35 bits per heavy atom. The third-order valence-electron chi connectivity index (χ3n) is 3.22. The van der Waals surface area contributed by atoms with E-state index in [-0.39, 0.29) is 11.7 Å². The van der Waals surface area contributed by atoms with Crippen LogP contribution in [0.25, 0.3) is 0 Å². The van der Waals surface area contributed by atoms with Gasteiger partial charge in [-0.3, -0.25) is 4.79 Å². The number of carbonyl (C=O) groups excluding carboxylic acids is 1. The summed E-state index contributed by atoms with van der Waals surface area (Å²) in [5.74, 6) is 0.854. The number of oxazole rings is 1. The first-order valence-corrected chi connectivity index (χ1v) is 7.07. The van der Waals surface area contributed by atoms with Crippen LogP contribution < -0.4 is 10.1 Å². The second kappa shape index (κ2) is 5.28. The lowest BCUT2D eigenvalue weighted by atomic mass is 10.1. The Labute approximate surface area is 124 Å². The molecule has 1 aliphatic heterocycles. The molecule has 5 nitrogen and oxygen atoms in total. The van der Waals surface area contributed by atoms with Crippen LogP contribution in [-0.4, -0.2) is 17.5 Å². The highest BCUT2D eigenvalue weighted by molar-refractivity contribution is 9.10. The lowest BCUT2D eigenvalue weighted by Gasteiger charge is -2.09. The topological polar surface area (TPSA) is 64.4 Å². The number of fused-ring (bicyclic) bond motifs is 1. The molecule has 0 unspecified atom stereocenters. The van der Waals surface area contributed by atoms with E-state index in [9.17, 15) is 4.79 Å². The fourth-order valence-electron chi connectivity index (χ4n) is 2.25. The molecular formula is C14H13BrN2O3. The zero-order valence-corrected chi connectivity index (χ0v) is 12.5. The molecule has 104 valence electrons. The molecule has 2 aromatic rings. The summed E-state index contributed by atoms with van der Waals surface area (Å²) >= 11 is 3.48. The summed E-state index contributed by atoms with van der Waals surface area (Å²) in [4.78, 5) is 15.9. The molecule has 6 heteroatoms. The minimum atomic E-state index is -0.272. The van der Waals surface area contributed by atoms with Crippen molar-refractivity contribution in [2.75, 3.05) is 6.61 Å². The SMILES string of the molecule is Cc1ncoc1C(=O)NCc1cc(Br)cc2c1OCC2. The van der Waals surface area contributed by atoms with Crippen molar-refractivity contribution in [2.45, 2.75) is 19.9 Å². The average Bonchev–Trinajstić information content (AvgIpc) is 3.03. The van der Waals surface area contributed by atoms with Crippen LogP contribution >= 0.6 is 15.9 Å². The van der Waals surface area contributed by atoms with E-state index in [1.807, 2.05) is 12.1 Å². The molecule has 1 N–H and O–H groups in total. The van der Waals surface area contributed by atoms with Gasteiger partial charge < -0.3 is 14.5 Å². The van der Waals surface area contributed by atoms with Gasteiger partial charge in [-0.1, -0.05) is 15.9 Å². The van der Waals surface area contributed by atoms with E-state index < -0.39 is 0 Å². The first-order valence-electron chi connectivity index (χ1n) is 6.27. The van der Waals surface area contributed by atoms with Crippen molar-refractivity contribution < 1.29 is 13.9 Å². The van der Waals surface area contributed by atoms with E-state index in [1.54, 1.807) is 6.92 Å². The Hall–Kier alpha value is -1.82. The van der Waals surface area contributed by atoms with E-state index in [2.05, 4.69) is 26.2 Å². The number of hydrogen-bond donors (Lipinski definition) is 1. The first kappa shape index (κ1) is 13.2. The number of ether oxygens (including phenoxy) is 1. The minimum absolute atomic E-state index is 0.248. The number of halogens is 1. The van der Waals surface area contributed by atoms with Gasteiger partial charge in [0.25, 0.3) is 5.91 Å². The van der Waals surface area contributed by atoms with Crippen LogP contribution in [0, 0.1) is 6.92 Å². The smallest absolute Gasteiger partial charge is 0.289 e. The average molecular weight is 337 g/mol. The highest BCUT2D eigenvalue weighted by Crippen LogP contribution is 2.32. The zero-order chi connectivity index (χ0) is 14.1. The first-order chi connectivity index (χ1) is 9.65. The number of nitrogens with zero attached hydrogens (tertiary/aromatic N) is 1. The van der Waals surface area contributed by atoms with Crippen LogP contribution in [0.3, 0.4) is 0 Å². The van der Waals surface area contributed by atoms with Gasteiger partial charge in [0, 0.05) is 23.0 Å². The number of aromatic nitrogens is 1. The molecule has 0 saturated carbocycles. The Bertz CT molecular complexity index is 666. The van der Waals surface area contributed by atoms with Gasteiger partial charge in [0.1, 0.15) is 5.75 Å². The molecule has 0 aliphatic carbocycles. The quantitative estimate of drug-likeness (QED) is 0.935. The van der Waals surface area contributed by atoms with E-state index in [0.717, 1.165) is 22.2 Å². The van der Waals surface area contributed by atoms with Gasteiger partial charge in [-0.15, -0.1) is 0 Å². The monoisotopic (exact) mass is 336 g/mol. The molecule has 0 fully saturated rings. The normalized spacial score (nSPS) is 12.9. The molecule has 3 rings (SSSR count). The van der Waals surface area contributed by atoms with Gasteiger partial charge in [-0.05, 0) is 24.6 Å². The van der Waals surface area contributed by atoms with Crippen LogP contribution in [0.5, 0.6) is 5.75 Å². The summed E-state index contributed by atoms with van der Waals surface area (Å²) in [5, 5.41) is 2.83. The summed E-state index contributed by atoms with van der Waals surface area (Å²) < 4.78 is 11.7. The zero-order valence-electron chi connectivity index (χ0n) is 10.9. The second-order valence-electron chi connectivity index (χ2n) is 4.60. The molecule has 0 saturated heterocycles. The molecule has 0 radical (unpaired) electrons. The lowest BCUT2D eigenvalue weighted by Crippen LogP contribution is -2.23. The molecule has 1 aliphatic rings. The maximum Gasteiger partial charge on any atom is 0.289 e. The van der Waals surface area contributed by atoms with Gasteiger partial charge in [0.2, 0.25) is 5.76 Å². The number of carbonyl (C=O) groups is 1. The predicted molar refractivity (Wildman–Crippen MR) is 75.8 cm³/mol. The standard InChI is InChI=1S/C14H13BrN2O3/c1-8-12(20-7-17-8)14(18)16-6-10-5-11(15)4-9-2-3-19-13(9)10/h4-5,7H,2-3,6H2,1H3,(H,16,18). The van der Waals surface area contributed by atoms with Gasteiger partial charge in [-0.25, -0.2) is 4.98 Å². The minimum Gasteiger partial charge on any atom is -0.493 e. The van der Waals surface area contributed by atoms with Crippen LogP contribution in [-0.2, 0) is 13.0 Å². The van der Waals surface area contributed by atoms with Crippen molar-refractivity contribution in [1.82, 2.24) is 10.3 Å². The van der Waals surface area contributed by atoms with Crippen LogP contribution in [0.15, 0.2) is 27.4 Å². The van der Waals surface area contributed by atoms with Crippen LogP contribution in [0.1, 0.15) is 27.4 Å². The summed E-state index contributed by atoms with van der Waals surface area (Å²) in [6, 6.07) is 4.01. The van der Waals surface area contributed by atoms with Crippen molar-refractivity contribution in [3.63, 3.8) is 0 Å². The maximum absolute atomic E-state index is 12.0. The van der Waals surface area contributed by atoms with Crippen molar-refractivity contribution >= 4 is 21.8 Å². The van der Waals surface area contributed by atoms with E-state index in [4.69, 9.17) is 9.15 Å². The highest BCUT2D eigenvalue weighted by Gasteiger charge is 2.19. The largest absolute Gasteiger partial charge is 0.493 e. The number of rotatable bonds is 3.